The van der Waals surface area contributed by atoms with Crippen molar-refractivity contribution < 1.29 is 17.9 Å². The summed E-state index contributed by atoms with van der Waals surface area (Å²) in [7, 11) is 0.555. The van der Waals surface area contributed by atoms with E-state index in [4.69, 9.17) is 4.74 Å². The molecule has 7 nitrogen and oxygen atoms in total. The van der Waals surface area contributed by atoms with Crippen molar-refractivity contribution in [1.82, 2.24) is 14.7 Å². The van der Waals surface area contributed by atoms with Crippen LogP contribution in [0.3, 0.4) is 0 Å². The van der Waals surface area contributed by atoms with Gasteiger partial charge < -0.3 is 9.64 Å². The molecule has 0 bridgehead atoms. The van der Waals surface area contributed by atoms with Crippen LogP contribution >= 0.6 is 15.9 Å². The standard InChI is InChI=1S/C23H26BrN3O4S/c1-16-22(24)23(27(25-16)15-21(28)31-13-12-26(2)3)18-10-8-17(9-11-18)19-6-5-7-20(14-19)32(4,29)30/h5-11,14H,12-13,15H2,1-4H3. The third-order valence-electron chi connectivity index (χ3n) is 4.89. The van der Waals surface area contributed by atoms with Gasteiger partial charge in [-0.15, -0.1) is 0 Å². The van der Waals surface area contributed by atoms with Gasteiger partial charge in [0.1, 0.15) is 13.2 Å². The van der Waals surface area contributed by atoms with E-state index >= 15 is 0 Å². The third-order valence-corrected chi connectivity index (χ3v) is 6.95. The first-order valence-electron chi connectivity index (χ1n) is 10.0. The van der Waals surface area contributed by atoms with E-state index < -0.39 is 9.84 Å². The van der Waals surface area contributed by atoms with Crippen LogP contribution in [0.1, 0.15) is 5.69 Å². The average molecular weight is 520 g/mol. The number of carbonyl (C=O) groups is 1. The molecule has 0 fully saturated rings. The largest absolute Gasteiger partial charge is 0.463 e. The first-order chi connectivity index (χ1) is 15.1. The van der Waals surface area contributed by atoms with Crippen LogP contribution in [0.4, 0.5) is 0 Å². The lowest BCUT2D eigenvalue weighted by Crippen LogP contribution is -2.22. The molecule has 3 rings (SSSR count). The Morgan fingerprint density at radius 1 is 1.09 bits per heavy atom. The SMILES string of the molecule is Cc1nn(CC(=O)OCCN(C)C)c(-c2ccc(-c3cccc(S(C)(=O)=O)c3)cc2)c1Br. The van der Waals surface area contributed by atoms with Gasteiger partial charge in [0.25, 0.3) is 0 Å². The number of benzene rings is 2. The molecule has 0 aliphatic rings. The van der Waals surface area contributed by atoms with E-state index in [-0.39, 0.29) is 17.4 Å². The molecule has 0 aliphatic heterocycles. The van der Waals surface area contributed by atoms with E-state index in [2.05, 4.69) is 21.0 Å². The summed E-state index contributed by atoms with van der Waals surface area (Å²) < 4.78 is 31.5. The number of ether oxygens (including phenoxy) is 1. The molecule has 0 N–H and O–H groups in total. The molecule has 3 aromatic rings. The smallest absolute Gasteiger partial charge is 0.327 e. The fourth-order valence-corrected chi connectivity index (χ4v) is 4.37. The number of sulfone groups is 1. The molecule has 0 amide bonds. The monoisotopic (exact) mass is 519 g/mol. The molecule has 0 atom stereocenters. The van der Waals surface area contributed by atoms with Crippen molar-refractivity contribution in [3.8, 4) is 22.4 Å². The van der Waals surface area contributed by atoms with Crippen LogP contribution in [0.2, 0.25) is 0 Å². The molecule has 2 aromatic carbocycles. The topological polar surface area (TPSA) is 81.5 Å². The van der Waals surface area contributed by atoms with Crippen LogP contribution in [-0.2, 0) is 25.9 Å². The highest BCUT2D eigenvalue weighted by atomic mass is 79.9. The van der Waals surface area contributed by atoms with Crippen LogP contribution in [-0.4, -0.2) is 62.6 Å². The minimum Gasteiger partial charge on any atom is -0.463 e. The molecular formula is C23H26BrN3O4S. The minimum absolute atomic E-state index is 0.00730. The van der Waals surface area contributed by atoms with Crippen LogP contribution in [0.25, 0.3) is 22.4 Å². The van der Waals surface area contributed by atoms with Gasteiger partial charge in [-0.25, -0.2) is 8.42 Å². The summed E-state index contributed by atoms with van der Waals surface area (Å²) in [6.07, 6.45) is 1.20. The van der Waals surface area contributed by atoms with Crippen molar-refractivity contribution in [2.45, 2.75) is 18.4 Å². The number of nitrogens with zero attached hydrogens (tertiary/aromatic N) is 3. The highest BCUT2D eigenvalue weighted by molar-refractivity contribution is 9.10. The Morgan fingerprint density at radius 2 is 1.75 bits per heavy atom. The molecule has 0 saturated carbocycles. The molecular weight excluding hydrogens is 494 g/mol. The molecule has 1 heterocycles. The Morgan fingerprint density at radius 3 is 2.38 bits per heavy atom. The lowest BCUT2D eigenvalue weighted by atomic mass is 10.0. The van der Waals surface area contributed by atoms with Gasteiger partial charge in [-0.2, -0.15) is 5.10 Å². The molecule has 0 aliphatic carbocycles. The maximum atomic E-state index is 12.3. The third kappa shape index (κ3) is 5.85. The zero-order chi connectivity index (χ0) is 23.5. The molecule has 32 heavy (non-hydrogen) atoms. The zero-order valence-corrected chi connectivity index (χ0v) is 20.9. The average Bonchev–Trinajstić information content (AvgIpc) is 3.00. The maximum Gasteiger partial charge on any atom is 0.327 e. The number of hydrogen-bond donors (Lipinski definition) is 0. The number of aromatic nitrogens is 2. The highest BCUT2D eigenvalue weighted by Gasteiger charge is 2.18. The van der Waals surface area contributed by atoms with Gasteiger partial charge in [-0.1, -0.05) is 36.4 Å². The zero-order valence-electron chi connectivity index (χ0n) is 18.5. The molecule has 0 unspecified atom stereocenters. The van der Waals surface area contributed by atoms with Crippen LogP contribution in [0.15, 0.2) is 57.9 Å². The predicted octanol–water partition coefficient (Wildman–Crippen LogP) is 3.80. The quantitative estimate of drug-likeness (QED) is 0.421. The Balaban J connectivity index is 1.86. The van der Waals surface area contributed by atoms with E-state index in [9.17, 15) is 13.2 Å². The summed E-state index contributed by atoms with van der Waals surface area (Å²) in [4.78, 5) is 14.5. The number of rotatable bonds is 8. The van der Waals surface area contributed by atoms with Crippen molar-refractivity contribution >= 4 is 31.7 Å². The number of esters is 1. The van der Waals surface area contributed by atoms with E-state index in [1.54, 1.807) is 22.9 Å². The number of hydrogen-bond acceptors (Lipinski definition) is 6. The summed E-state index contributed by atoms with van der Waals surface area (Å²) in [5, 5.41) is 4.48. The van der Waals surface area contributed by atoms with Crippen molar-refractivity contribution in [3.05, 3.63) is 58.7 Å². The van der Waals surface area contributed by atoms with Crippen LogP contribution in [0.5, 0.6) is 0 Å². The molecule has 170 valence electrons. The first kappa shape index (κ1) is 24.2. The van der Waals surface area contributed by atoms with Gasteiger partial charge in [0.15, 0.2) is 9.84 Å². The molecule has 1 aromatic heterocycles. The van der Waals surface area contributed by atoms with Crippen LogP contribution in [0, 0.1) is 6.92 Å². The van der Waals surface area contributed by atoms with E-state index in [1.165, 1.54) is 6.26 Å². The number of likely N-dealkylation sites (N-methyl/N-ethyl adjacent to an activating group) is 1. The summed E-state index contributed by atoms with van der Waals surface area (Å²) in [5.74, 6) is -0.350. The fourth-order valence-electron chi connectivity index (χ4n) is 3.19. The van der Waals surface area contributed by atoms with E-state index in [0.717, 1.165) is 32.6 Å². The second-order valence-electron chi connectivity index (χ2n) is 7.81. The molecule has 0 saturated heterocycles. The summed E-state index contributed by atoms with van der Waals surface area (Å²) in [5.41, 5.74) is 4.13. The normalized spacial score (nSPS) is 11.7. The van der Waals surface area contributed by atoms with Gasteiger partial charge >= 0.3 is 5.97 Å². The van der Waals surface area contributed by atoms with Gasteiger partial charge in [-0.3, -0.25) is 9.48 Å². The molecule has 0 spiro atoms. The van der Waals surface area contributed by atoms with Crippen molar-refractivity contribution in [1.29, 1.82) is 0 Å². The summed E-state index contributed by atoms with van der Waals surface area (Å²) in [6, 6.07) is 14.6. The van der Waals surface area contributed by atoms with Crippen molar-refractivity contribution in [2.24, 2.45) is 0 Å². The van der Waals surface area contributed by atoms with Gasteiger partial charge in [0.05, 0.1) is 20.8 Å². The highest BCUT2D eigenvalue weighted by Crippen LogP contribution is 2.33. The first-order valence-corrected chi connectivity index (χ1v) is 12.7. The molecule has 0 radical (unpaired) electrons. The van der Waals surface area contributed by atoms with Gasteiger partial charge in [-0.05, 0) is 60.2 Å². The summed E-state index contributed by atoms with van der Waals surface area (Å²) >= 11 is 3.59. The minimum atomic E-state index is -3.28. The van der Waals surface area contributed by atoms with E-state index in [0.29, 0.717) is 13.2 Å². The van der Waals surface area contributed by atoms with Crippen molar-refractivity contribution in [3.63, 3.8) is 0 Å². The van der Waals surface area contributed by atoms with E-state index in [1.807, 2.05) is 56.3 Å². The second-order valence-corrected chi connectivity index (χ2v) is 10.6. The van der Waals surface area contributed by atoms with Crippen molar-refractivity contribution in [2.75, 3.05) is 33.5 Å². The Bertz CT molecular complexity index is 1220. The maximum absolute atomic E-state index is 12.3. The Hall–Kier alpha value is -2.49. The fraction of sp³-hybridized carbons (Fsp3) is 0.304. The molecule has 9 heteroatoms. The predicted molar refractivity (Wildman–Crippen MR) is 128 cm³/mol. The van der Waals surface area contributed by atoms with Gasteiger partial charge in [0, 0.05) is 18.4 Å². The number of carbonyl (C=O) groups excluding carboxylic acids is 1. The lowest BCUT2D eigenvalue weighted by Gasteiger charge is -2.12. The Kier molecular flexibility index (Phi) is 7.53. The van der Waals surface area contributed by atoms with Crippen LogP contribution < -0.4 is 0 Å². The number of aryl methyl sites for hydroxylation is 1. The second kappa shape index (κ2) is 9.97. The Labute approximate surface area is 197 Å². The number of halogens is 1. The summed E-state index contributed by atoms with van der Waals surface area (Å²) in [6.45, 7) is 2.85. The van der Waals surface area contributed by atoms with Gasteiger partial charge in [0.2, 0.25) is 0 Å². The lowest BCUT2D eigenvalue weighted by molar-refractivity contribution is -0.144.